The lowest BCUT2D eigenvalue weighted by Crippen LogP contribution is -2.38. The summed E-state index contributed by atoms with van der Waals surface area (Å²) in [6.45, 7) is 2.81. The maximum Gasteiger partial charge on any atom is 0.0912 e. The van der Waals surface area contributed by atoms with Crippen LogP contribution in [0.2, 0.25) is 0 Å². The molecule has 0 amide bonds. The summed E-state index contributed by atoms with van der Waals surface area (Å²) in [5.74, 6) is 0. The van der Waals surface area contributed by atoms with E-state index < -0.39 is 6.10 Å². The Bertz CT molecular complexity index is 304. The van der Waals surface area contributed by atoms with Gasteiger partial charge in [-0.1, -0.05) is 30.3 Å². The lowest BCUT2D eigenvalue weighted by molar-refractivity contribution is -0.00722. The van der Waals surface area contributed by atoms with Crippen molar-refractivity contribution in [2.24, 2.45) is 0 Å². The van der Waals surface area contributed by atoms with Crippen LogP contribution in [0.3, 0.4) is 0 Å². The van der Waals surface area contributed by atoms with Gasteiger partial charge in [0.1, 0.15) is 0 Å². The van der Waals surface area contributed by atoms with E-state index in [9.17, 15) is 5.11 Å². The minimum atomic E-state index is -0.497. The van der Waals surface area contributed by atoms with Crippen molar-refractivity contribution in [1.29, 1.82) is 0 Å². The summed E-state index contributed by atoms with van der Waals surface area (Å²) >= 11 is 0. The number of nitrogens with zero attached hydrogens (tertiary/aromatic N) is 1. The molecule has 0 aromatic heterocycles. The van der Waals surface area contributed by atoms with E-state index in [2.05, 4.69) is 5.43 Å². The third kappa shape index (κ3) is 5.79. The second-order valence-electron chi connectivity index (χ2n) is 4.30. The summed E-state index contributed by atoms with van der Waals surface area (Å²) in [6, 6.07) is 9.99. The van der Waals surface area contributed by atoms with Crippen molar-refractivity contribution < 1.29 is 9.84 Å². The molecule has 0 heterocycles. The Morgan fingerprint density at radius 2 is 1.94 bits per heavy atom. The van der Waals surface area contributed by atoms with E-state index in [1.807, 2.05) is 56.4 Å². The van der Waals surface area contributed by atoms with E-state index in [0.717, 1.165) is 5.56 Å². The van der Waals surface area contributed by atoms with Gasteiger partial charge in [0, 0.05) is 20.6 Å². The van der Waals surface area contributed by atoms with Crippen LogP contribution in [0.1, 0.15) is 18.6 Å². The minimum Gasteiger partial charge on any atom is -0.389 e. The minimum absolute atomic E-state index is 0.00482. The number of aliphatic hydroxyl groups is 1. The highest BCUT2D eigenvalue weighted by atomic mass is 16.5. The molecule has 1 rings (SSSR count). The predicted molar refractivity (Wildman–Crippen MR) is 68.5 cm³/mol. The molecule has 0 radical (unpaired) electrons. The van der Waals surface area contributed by atoms with Gasteiger partial charge in [0.2, 0.25) is 0 Å². The van der Waals surface area contributed by atoms with E-state index in [4.69, 9.17) is 4.74 Å². The first kappa shape index (κ1) is 14.1. The highest BCUT2D eigenvalue weighted by molar-refractivity contribution is 5.16. The average molecular weight is 238 g/mol. The fourth-order valence-electron chi connectivity index (χ4n) is 1.42. The molecule has 0 aliphatic rings. The number of aliphatic hydroxyl groups excluding tert-OH is 1. The highest BCUT2D eigenvalue weighted by Gasteiger charge is 2.09. The van der Waals surface area contributed by atoms with Gasteiger partial charge in [-0.3, -0.25) is 10.4 Å². The average Bonchev–Trinajstić information content (AvgIpc) is 2.34. The molecular weight excluding hydrogens is 216 g/mol. The SMILES string of the molecule is CC(OCC(O)CNN(C)C)c1ccccc1. The summed E-state index contributed by atoms with van der Waals surface area (Å²) < 4.78 is 5.61. The van der Waals surface area contributed by atoms with E-state index >= 15 is 0 Å². The predicted octanol–water partition coefficient (Wildman–Crippen LogP) is 1.19. The van der Waals surface area contributed by atoms with Crippen molar-refractivity contribution in [3.63, 3.8) is 0 Å². The van der Waals surface area contributed by atoms with Crippen molar-refractivity contribution in [2.45, 2.75) is 19.1 Å². The quantitative estimate of drug-likeness (QED) is 0.700. The zero-order chi connectivity index (χ0) is 12.7. The van der Waals surface area contributed by atoms with E-state index in [1.54, 1.807) is 0 Å². The summed E-state index contributed by atoms with van der Waals surface area (Å²) in [6.07, 6.45) is -0.492. The van der Waals surface area contributed by atoms with Gasteiger partial charge in [-0.15, -0.1) is 0 Å². The summed E-state index contributed by atoms with van der Waals surface area (Å²) in [5, 5.41) is 11.5. The molecule has 4 heteroatoms. The van der Waals surface area contributed by atoms with Gasteiger partial charge in [0.05, 0.1) is 18.8 Å². The van der Waals surface area contributed by atoms with Gasteiger partial charge in [0.25, 0.3) is 0 Å². The number of hydrazine groups is 1. The van der Waals surface area contributed by atoms with Gasteiger partial charge >= 0.3 is 0 Å². The molecule has 4 nitrogen and oxygen atoms in total. The highest BCUT2D eigenvalue weighted by Crippen LogP contribution is 2.15. The van der Waals surface area contributed by atoms with Crippen molar-refractivity contribution in [3.05, 3.63) is 35.9 Å². The standard InChI is InChI=1S/C13H22N2O2/c1-11(12-7-5-4-6-8-12)17-10-13(16)9-14-15(2)3/h4-8,11,13-14,16H,9-10H2,1-3H3. The van der Waals surface area contributed by atoms with Crippen LogP contribution in [0, 0.1) is 0 Å². The van der Waals surface area contributed by atoms with Gasteiger partial charge in [-0.05, 0) is 12.5 Å². The zero-order valence-corrected chi connectivity index (χ0v) is 10.8. The lowest BCUT2D eigenvalue weighted by Gasteiger charge is -2.19. The molecule has 2 atom stereocenters. The maximum absolute atomic E-state index is 9.68. The largest absolute Gasteiger partial charge is 0.389 e. The molecule has 0 bridgehead atoms. The smallest absolute Gasteiger partial charge is 0.0912 e. The van der Waals surface area contributed by atoms with Crippen molar-refractivity contribution >= 4 is 0 Å². The van der Waals surface area contributed by atoms with Crippen LogP contribution < -0.4 is 5.43 Å². The molecule has 0 aliphatic heterocycles. The first-order valence-corrected chi connectivity index (χ1v) is 5.85. The summed E-state index contributed by atoms with van der Waals surface area (Å²) in [7, 11) is 3.78. The normalized spacial score (nSPS) is 14.9. The van der Waals surface area contributed by atoms with Gasteiger partial charge in [0.15, 0.2) is 0 Å². The molecule has 1 aromatic carbocycles. The Morgan fingerprint density at radius 1 is 1.29 bits per heavy atom. The van der Waals surface area contributed by atoms with Crippen LogP contribution in [-0.2, 0) is 4.74 Å². The topological polar surface area (TPSA) is 44.7 Å². The molecule has 2 N–H and O–H groups in total. The van der Waals surface area contributed by atoms with E-state index in [1.165, 1.54) is 0 Å². The Labute approximate surface area is 103 Å². The molecule has 0 aliphatic carbocycles. The van der Waals surface area contributed by atoms with Crippen LogP contribution in [-0.4, -0.2) is 43.5 Å². The Morgan fingerprint density at radius 3 is 2.53 bits per heavy atom. The number of hydrogen-bond acceptors (Lipinski definition) is 4. The number of benzene rings is 1. The van der Waals surface area contributed by atoms with Crippen LogP contribution in [0.25, 0.3) is 0 Å². The summed E-state index contributed by atoms with van der Waals surface area (Å²) in [5.41, 5.74) is 4.14. The summed E-state index contributed by atoms with van der Waals surface area (Å²) in [4.78, 5) is 0. The van der Waals surface area contributed by atoms with Crippen molar-refractivity contribution in [2.75, 3.05) is 27.2 Å². The van der Waals surface area contributed by atoms with Crippen LogP contribution in [0.4, 0.5) is 0 Å². The number of rotatable bonds is 7. The number of hydrogen-bond donors (Lipinski definition) is 2. The third-order valence-corrected chi connectivity index (χ3v) is 2.45. The first-order chi connectivity index (χ1) is 8.09. The van der Waals surface area contributed by atoms with E-state index in [0.29, 0.717) is 13.2 Å². The maximum atomic E-state index is 9.68. The Kier molecular flexibility index (Phi) is 6.15. The zero-order valence-electron chi connectivity index (χ0n) is 10.8. The second-order valence-corrected chi connectivity index (χ2v) is 4.30. The number of nitrogens with one attached hydrogen (secondary N) is 1. The molecule has 96 valence electrons. The Hall–Kier alpha value is -0.940. The van der Waals surface area contributed by atoms with Crippen LogP contribution >= 0.6 is 0 Å². The first-order valence-electron chi connectivity index (χ1n) is 5.85. The second kappa shape index (κ2) is 7.40. The van der Waals surface area contributed by atoms with Gasteiger partial charge in [-0.2, -0.15) is 0 Å². The number of ether oxygens (including phenoxy) is 1. The van der Waals surface area contributed by atoms with Crippen LogP contribution in [0.5, 0.6) is 0 Å². The molecule has 2 unspecified atom stereocenters. The van der Waals surface area contributed by atoms with Crippen molar-refractivity contribution in [1.82, 2.24) is 10.4 Å². The van der Waals surface area contributed by atoms with Gasteiger partial charge < -0.3 is 9.84 Å². The molecule has 0 spiro atoms. The molecule has 1 aromatic rings. The van der Waals surface area contributed by atoms with Crippen molar-refractivity contribution in [3.8, 4) is 0 Å². The van der Waals surface area contributed by atoms with Gasteiger partial charge in [-0.25, -0.2) is 0 Å². The fourth-order valence-corrected chi connectivity index (χ4v) is 1.42. The molecule has 0 saturated carbocycles. The lowest BCUT2D eigenvalue weighted by atomic mass is 10.1. The molecule has 0 saturated heterocycles. The molecule has 0 fully saturated rings. The fraction of sp³-hybridized carbons (Fsp3) is 0.538. The third-order valence-electron chi connectivity index (χ3n) is 2.45. The van der Waals surface area contributed by atoms with E-state index in [-0.39, 0.29) is 6.10 Å². The molecular formula is C13H22N2O2. The monoisotopic (exact) mass is 238 g/mol. The Balaban J connectivity index is 2.26. The van der Waals surface area contributed by atoms with Crippen LogP contribution in [0.15, 0.2) is 30.3 Å². The molecule has 17 heavy (non-hydrogen) atoms.